The van der Waals surface area contributed by atoms with E-state index in [4.69, 9.17) is 15.0 Å². The molecule has 0 atom stereocenters. The summed E-state index contributed by atoms with van der Waals surface area (Å²) < 4.78 is 23.5. The molecule has 0 fully saturated rings. The zero-order valence-corrected chi connectivity index (χ0v) is 9.44. The summed E-state index contributed by atoms with van der Waals surface area (Å²) in [6, 6.07) is 6.39. The molecule has 1 aromatic heterocycles. The molecule has 0 saturated heterocycles. The molecular weight excluding hydrogens is 223 g/mol. The smallest absolute Gasteiger partial charge is 0.230 e. The standard InChI is InChI=1S/C12H13FN2O2/c1-16-7-6-10-11(12(14)17-15-10)8-4-2-3-5-9(8)13/h2-5H,6-7,14H2,1H3. The van der Waals surface area contributed by atoms with Crippen molar-refractivity contribution in [2.45, 2.75) is 6.42 Å². The Labute approximate surface area is 98.2 Å². The lowest BCUT2D eigenvalue weighted by Crippen LogP contribution is -1.98. The fourth-order valence-electron chi connectivity index (χ4n) is 1.66. The minimum atomic E-state index is -0.346. The molecule has 0 aliphatic rings. The molecule has 2 rings (SSSR count). The molecule has 0 spiro atoms. The second-order valence-corrected chi connectivity index (χ2v) is 3.59. The Balaban J connectivity index is 2.44. The van der Waals surface area contributed by atoms with Gasteiger partial charge in [-0.05, 0) is 6.07 Å². The number of rotatable bonds is 4. The minimum absolute atomic E-state index is 0.126. The van der Waals surface area contributed by atoms with Crippen LogP contribution in [-0.4, -0.2) is 18.9 Å². The highest BCUT2D eigenvalue weighted by Gasteiger charge is 2.18. The average molecular weight is 236 g/mol. The maximum Gasteiger partial charge on any atom is 0.230 e. The van der Waals surface area contributed by atoms with Crippen molar-refractivity contribution in [1.29, 1.82) is 0 Å². The van der Waals surface area contributed by atoms with Crippen molar-refractivity contribution in [2.75, 3.05) is 19.5 Å². The Kier molecular flexibility index (Phi) is 3.39. The maximum absolute atomic E-state index is 13.7. The van der Waals surface area contributed by atoms with Crippen molar-refractivity contribution in [1.82, 2.24) is 5.16 Å². The SMILES string of the molecule is COCCc1noc(N)c1-c1ccccc1F. The second-order valence-electron chi connectivity index (χ2n) is 3.59. The number of hydrogen-bond donors (Lipinski definition) is 1. The predicted octanol–water partition coefficient (Wildman–Crippen LogP) is 2.25. The lowest BCUT2D eigenvalue weighted by Gasteiger charge is -2.03. The Morgan fingerprint density at radius 2 is 2.18 bits per heavy atom. The van der Waals surface area contributed by atoms with Crippen molar-refractivity contribution >= 4 is 5.88 Å². The van der Waals surface area contributed by atoms with Gasteiger partial charge >= 0.3 is 0 Å². The quantitative estimate of drug-likeness (QED) is 0.884. The number of benzene rings is 1. The van der Waals surface area contributed by atoms with Crippen LogP contribution in [0.2, 0.25) is 0 Å². The first-order valence-electron chi connectivity index (χ1n) is 5.22. The van der Waals surface area contributed by atoms with Crippen LogP contribution in [0.15, 0.2) is 28.8 Å². The van der Waals surface area contributed by atoms with Crippen LogP contribution in [0.4, 0.5) is 10.3 Å². The number of nitrogens with zero attached hydrogens (tertiary/aromatic N) is 1. The Morgan fingerprint density at radius 3 is 2.88 bits per heavy atom. The number of anilines is 1. The lowest BCUT2D eigenvalue weighted by atomic mass is 10.0. The van der Waals surface area contributed by atoms with E-state index >= 15 is 0 Å². The molecule has 2 N–H and O–H groups in total. The van der Waals surface area contributed by atoms with E-state index in [1.54, 1.807) is 25.3 Å². The lowest BCUT2D eigenvalue weighted by molar-refractivity contribution is 0.200. The summed E-state index contributed by atoms with van der Waals surface area (Å²) in [5.41, 5.74) is 7.20. The highest BCUT2D eigenvalue weighted by Crippen LogP contribution is 2.31. The van der Waals surface area contributed by atoms with E-state index in [-0.39, 0.29) is 11.7 Å². The molecule has 1 aromatic carbocycles. The van der Waals surface area contributed by atoms with Crippen molar-refractivity contribution < 1.29 is 13.7 Å². The normalized spacial score (nSPS) is 10.7. The molecule has 17 heavy (non-hydrogen) atoms. The molecule has 1 heterocycles. The maximum atomic E-state index is 13.7. The Morgan fingerprint density at radius 1 is 1.41 bits per heavy atom. The van der Waals surface area contributed by atoms with E-state index in [0.29, 0.717) is 29.8 Å². The second kappa shape index (κ2) is 4.97. The molecule has 0 unspecified atom stereocenters. The van der Waals surface area contributed by atoms with Gasteiger partial charge in [-0.25, -0.2) is 4.39 Å². The van der Waals surface area contributed by atoms with Crippen LogP contribution in [0.1, 0.15) is 5.69 Å². The fraction of sp³-hybridized carbons (Fsp3) is 0.250. The molecule has 4 nitrogen and oxygen atoms in total. The van der Waals surface area contributed by atoms with Gasteiger partial charge in [-0.15, -0.1) is 0 Å². The van der Waals surface area contributed by atoms with E-state index < -0.39 is 0 Å². The third-order valence-corrected chi connectivity index (χ3v) is 2.48. The molecule has 0 aliphatic heterocycles. The number of hydrogen-bond acceptors (Lipinski definition) is 4. The van der Waals surface area contributed by atoms with Gasteiger partial charge in [0.2, 0.25) is 5.88 Å². The van der Waals surface area contributed by atoms with Gasteiger partial charge in [-0.1, -0.05) is 23.4 Å². The molecular formula is C12H13FN2O2. The third-order valence-electron chi connectivity index (χ3n) is 2.48. The van der Waals surface area contributed by atoms with Crippen molar-refractivity contribution in [2.24, 2.45) is 0 Å². The van der Waals surface area contributed by atoms with Gasteiger partial charge in [-0.3, -0.25) is 0 Å². The molecule has 0 amide bonds. The number of ether oxygens (including phenoxy) is 1. The first-order chi connectivity index (χ1) is 8.24. The van der Waals surface area contributed by atoms with Gasteiger partial charge < -0.3 is 15.0 Å². The van der Waals surface area contributed by atoms with Crippen LogP contribution < -0.4 is 5.73 Å². The summed E-state index contributed by atoms with van der Waals surface area (Å²) in [4.78, 5) is 0. The van der Waals surface area contributed by atoms with Crippen LogP contribution in [0.25, 0.3) is 11.1 Å². The average Bonchev–Trinajstić information content (AvgIpc) is 2.69. The topological polar surface area (TPSA) is 61.3 Å². The van der Waals surface area contributed by atoms with Gasteiger partial charge in [-0.2, -0.15) is 0 Å². The molecule has 2 aromatic rings. The summed E-state index contributed by atoms with van der Waals surface area (Å²) in [6.07, 6.45) is 0.529. The van der Waals surface area contributed by atoms with Crippen LogP contribution in [-0.2, 0) is 11.2 Å². The summed E-state index contributed by atoms with van der Waals surface area (Å²) >= 11 is 0. The van der Waals surface area contributed by atoms with E-state index in [1.807, 2.05) is 0 Å². The van der Waals surface area contributed by atoms with Crippen LogP contribution >= 0.6 is 0 Å². The summed E-state index contributed by atoms with van der Waals surface area (Å²) in [5, 5.41) is 3.82. The third kappa shape index (κ3) is 2.29. The van der Waals surface area contributed by atoms with Gasteiger partial charge in [0, 0.05) is 19.1 Å². The molecule has 0 bridgehead atoms. The molecule has 0 aliphatic carbocycles. The van der Waals surface area contributed by atoms with Gasteiger partial charge in [0.05, 0.1) is 17.9 Å². The molecule has 0 radical (unpaired) electrons. The Hall–Kier alpha value is -1.88. The summed E-state index contributed by atoms with van der Waals surface area (Å²) in [7, 11) is 1.59. The van der Waals surface area contributed by atoms with E-state index in [2.05, 4.69) is 5.16 Å². The van der Waals surface area contributed by atoms with Gasteiger partial charge in [0.15, 0.2) is 0 Å². The first-order valence-corrected chi connectivity index (χ1v) is 5.22. The Bertz CT molecular complexity index is 511. The minimum Gasteiger partial charge on any atom is -0.384 e. The van der Waals surface area contributed by atoms with Crippen molar-refractivity contribution in [3.05, 3.63) is 35.8 Å². The van der Waals surface area contributed by atoms with Crippen LogP contribution in [0.5, 0.6) is 0 Å². The number of halogens is 1. The molecule has 5 heteroatoms. The van der Waals surface area contributed by atoms with Crippen LogP contribution in [0, 0.1) is 5.82 Å². The molecule has 0 saturated carbocycles. The van der Waals surface area contributed by atoms with E-state index in [9.17, 15) is 4.39 Å². The summed E-state index contributed by atoms with van der Waals surface area (Å²) in [5.74, 6) is -0.220. The number of nitrogens with two attached hydrogens (primary N) is 1. The zero-order chi connectivity index (χ0) is 12.3. The zero-order valence-electron chi connectivity index (χ0n) is 9.44. The predicted molar refractivity (Wildman–Crippen MR) is 61.9 cm³/mol. The highest BCUT2D eigenvalue weighted by atomic mass is 19.1. The van der Waals surface area contributed by atoms with Gasteiger partial charge in [0.25, 0.3) is 0 Å². The van der Waals surface area contributed by atoms with Crippen molar-refractivity contribution in [3.8, 4) is 11.1 Å². The van der Waals surface area contributed by atoms with Gasteiger partial charge in [0.1, 0.15) is 5.82 Å². The number of aromatic nitrogens is 1. The monoisotopic (exact) mass is 236 g/mol. The molecule has 90 valence electrons. The highest BCUT2D eigenvalue weighted by molar-refractivity contribution is 5.75. The van der Waals surface area contributed by atoms with E-state index in [1.165, 1.54) is 6.07 Å². The summed E-state index contributed by atoms with van der Waals surface area (Å²) in [6.45, 7) is 0.480. The van der Waals surface area contributed by atoms with Crippen LogP contribution in [0.3, 0.4) is 0 Å². The van der Waals surface area contributed by atoms with E-state index in [0.717, 1.165) is 0 Å². The van der Waals surface area contributed by atoms with Crippen molar-refractivity contribution in [3.63, 3.8) is 0 Å². The largest absolute Gasteiger partial charge is 0.384 e. The number of methoxy groups -OCH3 is 1. The fourth-order valence-corrected chi connectivity index (χ4v) is 1.66. The first kappa shape index (κ1) is 11.6. The number of nitrogen functional groups attached to an aromatic ring is 1.